The first-order valence-electron chi connectivity index (χ1n) is 3.80. The van der Waals surface area contributed by atoms with Crippen molar-refractivity contribution in [1.29, 1.82) is 0 Å². The Bertz CT molecular complexity index is 210. The molecule has 0 radical (unpaired) electrons. The Balaban J connectivity index is 2.73. The number of rotatable bonds is 1. The van der Waals surface area contributed by atoms with E-state index in [1.807, 2.05) is 0 Å². The molecule has 1 heterocycles. The second-order valence-corrected chi connectivity index (χ2v) is 2.87. The van der Waals surface area contributed by atoms with Crippen molar-refractivity contribution in [3.8, 4) is 6.15 Å². The molecule has 1 aliphatic heterocycles. The second-order valence-electron chi connectivity index (χ2n) is 2.87. The van der Waals surface area contributed by atoms with Crippen LogP contribution in [0.25, 0.3) is 0 Å². The predicted octanol–water partition coefficient (Wildman–Crippen LogP) is -2.78. The van der Waals surface area contributed by atoms with Crippen LogP contribution in [0.3, 0.4) is 0 Å². The first kappa shape index (κ1) is 10.6. The van der Waals surface area contributed by atoms with Crippen LogP contribution < -0.4 is 0 Å². The molecule has 4 N–H and O–H groups in total. The average molecular weight is 191 g/mol. The first-order valence-corrected chi connectivity index (χ1v) is 3.80. The third kappa shape index (κ3) is 1.90. The molecule has 0 saturated carbocycles. The van der Waals surface area contributed by atoms with E-state index in [-0.39, 0.29) is 0 Å². The van der Waals surface area contributed by atoms with Crippen LogP contribution >= 0.6 is 0 Å². The van der Waals surface area contributed by atoms with Crippen LogP contribution in [-0.2, 0) is 9.39 Å². The molecule has 1 rings (SSSR count). The summed E-state index contributed by atoms with van der Waals surface area (Å²) in [5.41, 5.74) is 0. The molecule has 6 heteroatoms. The minimum absolute atomic E-state index is 0.539. The normalized spacial score (nSPS) is 45.6. The van der Waals surface area contributed by atoms with Crippen molar-refractivity contribution < 1.29 is 29.8 Å². The summed E-state index contributed by atoms with van der Waals surface area (Å²) >= 11 is 0. The Morgan fingerprint density at radius 2 is 1.77 bits per heavy atom. The van der Waals surface area contributed by atoms with Crippen molar-refractivity contribution in [2.24, 2.45) is 0 Å². The molecule has 0 amide bonds. The van der Waals surface area contributed by atoms with Gasteiger partial charge in [0.2, 0.25) is 0 Å². The molecule has 1 fully saturated rings. The molecule has 0 aliphatic carbocycles. The van der Waals surface area contributed by atoms with Crippen molar-refractivity contribution in [2.45, 2.75) is 30.5 Å². The Hall–Kier alpha value is -0.460. The van der Waals surface area contributed by atoms with E-state index >= 15 is 0 Å². The van der Waals surface area contributed by atoms with Gasteiger partial charge in [0, 0.05) is 0 Å². The summed E-state index contributed by atoms with van der Waals surface area (Å²) in [6, 6.07) is 0. The van der Waals surface area contributed by atoms with Gasteiger partial charge in [0.15, 0.2) is 0 Å². The first-order chi connectivity index (χ1) is 6.11. The van der Waals surface area contributed by atoms with E-state index in [4.69, 9.17) is 14.9 Å². The molecule has 0 spiro atoms. The van der Waals surface area contributed by atoms with Gasteiger partial charge in [0.05, 0.1) is 0 Å². The monoisotopic (exact) mass is 191 g/mol. The molecule has 0 aromatic rings. The molecular formula is C7H11O6+. The van der Waals surface area contributed by atoms with Crippen molar-refractivity contribution >= 4 is 0 Å². The van der Waals surface area contributed by atoms with Gasteiger partial charge in [-0.1, -0.05) is 0 Å². The van der Waals surface area contributed by atoms with Crippen LogP contribution in [-0.4, -0.2) is 57.6 Å². The van der Waals surface area contributed by atoms with E-state index in [9.17, 15) is 14.9 Å². The SMILES string of the molecule is [O+]#CC1O[C@H](CO)[C@@H](O)[C@H](O)[C@H]1O. The third-order valence-electron chi connectivity index (χ3n) is 2.01. The average Bonchev–Trinajstić information content (AvgIpc) is 2.15. The molecular weight excluding hydrogens is 180 g/mol. The van der Waals surface area contributed by atoms with Crippen molar-refractivity contribution in [3.63, 3.8) is 0 Å². The Morgan fingerprint density at radius 1 is 1.15 bits per heavy atom. The van der Waals surface area contributed by atoms with Crippen LogP contribution in [0.2, 0.25) is 0 Å². The predicted molar refractivity (Wildman–Crippen MR) is 38.3 cm³/mol. The fourth-order valence-corrected chi connectivity index (χ4v) is 1.20. The zero-order chi connectivity index (χ0) is 10.0. The topological polar surface area (TPSA) is 110 Å². The standard InChI is InChI=1S/C7H11O6/c8-1-3-5(10)7(12)6(11)4(2-9)13-3/h3-8,10-12H,1H2/q+1/t3-,4?,5-,6+,7+/m1/s1. The quantitative estimate of drug-likeness (QED) is 0.335. The van der Waals surface area contributed by atoms with Crippen molar-refractivity contribution in [1.82, 2.24) is 0 Å². The summed E-state index contributed by atoms with van der Waals surface area (Å²) in [5, 5.41) is 36.2. The fraction of sp³-hybridized carbons (Fsp3) is 0.857. The van der Waals surface area contributed by atoms with Gasteiger partial charge in [-0.05, 0) is 0 Å². The number of aliphatic hydroxyl groups is 4. The second kappa shape index (κ2) is 4.17. The number of aliphatic hydroxyl groups excluding tert-OH is 4. The van der Waals surface area contributed by atoms with Crippen LogP contribution in [0.15, 0.2) is 0 Å². The molecule has 1 aliphatic rings. The van der Waals surface area contributed by atoms with E-state index < -0.39 is 37.1 Å². The van der Waals surface area contributed by atoms with E-state index in [2.05, 4.69) is 0 Å². The van der Waals surface area contributed by atoms with Gasteiger partial charge in [-0.15, -0.1) is 0 Å². The molecule has 0 aromatic carbocycles. The zero-order valence-corrected chi connectivity index (χ0v) is 6.70. The summed E-state index contributed by atoms with van der Waals surface area (Å²) in [5.74, 6) is 0. The summed E-state index contributed by atoms with van der Waals surface area (Å²) in [4.78, 5) is 0. The molecule has 0 aromatic heterocycles. The van der Waals surface area contributed by atoms with Gasteiger partial charge in [0.1, 0.15) is 0 Å². The van der Waals surface area contributed by atoms with E-state index in [0.717, 1.165) is 0 Å². The summed E-state index contributed by atoms with van der Waals surface area (Å²) in [7, 11) is 0. The van der Waals surface area contributed by atoms with Gasteiger partial charge >= 0.3 is 73.1 Å². The third-order valence-corrected chi connectivity index (χ3v) is 2.01. The molecule has 13 heavy (non-hydrogen) atoms. The summed E-state index contributed by atoms with van der Waals surface area (Å²) in [6.45, 7) is -0.539. The van der Waals surface area contributed by atoms with E-state index in [1.165, 1.54) is 6.15 Å². The summed E-state index contributed by atoms with van der Waals surface area (Å²) in [6.07, 6.45) is -5.43. The zero-order valence-electron chi connectivity index (χ0n) is 6.70. The van der Waals surface area contributed by atoms with E-state index in [0.29, 0.717) is 0 Å². The van der Waals surface area contributed by atoms with Gasteiger partial charge in [0.25, 0.3) is 0 Å². The molecule has 1 unspecified atom stereocenters. The van der Waals surface area contributed by atoms with E-state index in [1.54, 1.807) is 0 Å². The maximum absolute atomic E-state index is 10.2. The van der Waals surface area contributed by atoms with Crippen LogP contribution in [0.5, 0.6) is 0 Å². The Labute approximate surface area is 74.1 Å². The van der Waals surface area contributed by atoms with Gasteiger partial charge in [-0.3, -0.25) is 0 Å². The fourth-order valence-electron chi connectivity index (χ4n) is 1.20. The minimum atomic E-state index is -1.50. The number of hydrogen-bond acceptors (Lipinski definition) is 5. The molecule has 6 nitrogen and oxygen atoms in total. The van der Waals surface area contributed by atoms with Crippen molar-refractivity contribution in [3.05, 3.63) is 0 Å². The van der Waals surface area contributed by atoms with Gasteiger partial charge in [-0.2, -0.15) is 0 Å². The van der Waals surface area contributed by atoms with Gasteiger partial charge < -0.3 is 0 Å². The Kier molecular flexibility index (Phi) is 3.40. The van der Waals surface area contributed by atoms with Crippen molar-refractivity contribution in [2.75, 3.05) is 6.61 Å². The number of hydrogen-bond donors (Lipinski definition) is 4. The van der Waals surface area contributed by atoms with Crippen LogP contribution in [0.4, 0.5) is 0 Å². The molecule has 1 saturated heterocycles. The molecule has 74 valence electrons. The Morgan fingerprint density at radius 3 is 2.23 bits per heavy atom. The maximum atomic E-state index is 10.2. The summed E-state index contributed by atoms with van der Waals surface area (Å²) < 4.78 is 14.9. The molecule has 0 bridgehead atoms. The molecule has 5 atom stereocenters. The van der Waals surface area contributed by atoms with Crippen LogP contribution in [0.1, 0.15) is 0 Å². The number of ether oxygens (including phenoxy) is 1. The van der Waals surface area contributed by atoms with Gasteiger partial charge in [-0.25, -0.2) is 0 Å². The van der Waals surface area contributed by atoms with Crippen LogP contribution in [0, 0.1) is 6.15 Å².